The number of amides is 1. The van der Waals surface area contributed by atoms with E-state index in [1.165, 1.54) is 11.3 Å². The van der Waals surface area contributed by atoms with Gasteiger partial charge < -0.3 is 10.6 Å². The maximum absolute atomic E-state index is 12.3. The quantitative estimate of drug-likeness (QED) is 0.785. The number of hydrogen-bond donors (Lipinski definition) is 1. The summed E-state index contributed by atoms with van der Waals surface area (Å²) >= 11 is 7.38. The van der Waals surface area contributed by atoms with Gasteiger partial charge in [-0.25, -0.2) is 0 Å². The molecule has 0 saturated heterocycles. The molecule has 1 unspecified atom stereocenters. The number of halogens is 1. The van der Waals surface area contributed by atoms with Gasteiger partial charge in [0.15, 0.2) is 0 Å². The Kier molecular flexibility index (Phi) is 6.55. The van der Waals surface area contributed by atoms with Crippen molar-refractivity contribution in [1.82, 2.24) is 4.90 Å². The van der Waals surface area contributed by atoms with Crippen LogP contribution in [0.4, 0.5) is 0 Å². The fourth-order valence-electron chi connectivity index (χ4n) is 1.86. The van der Waals surface area contributed by atoms with Gasteiger partial charge in [0.05, 0.1) is 16.9 Å². The molecule has 0 spiro atoms. The molecule has 0 radical (unpaired) electrons. The summed E-state index contributed by atoms with van der Waals surface area (Å²) in [5, 5.41) is 0. The zero-order valence-electron chi connectivity index (χ0n) is 11.4. The molecule has 1 atom stereocenters. The van der Waals surface area contributed by atoms with Crippen LogP contribution in [0.3, 0.4) is 0 Å². The molecule has 5 heteroatoms. The molecule has 0 fully saturated rings. The fraction of sp³-hybridized carbons (Fsp3) is 0.500. The average molecular weight is 301 g/mol. The highest BCUT2D eigenvalue weighted by molar-refractivity contribution is 7.16. The molecule has 0 aromatic carbocycles. The number of carbonyl (C=O) groups excluding carboxylic acids is 1. The van der Waals surface area contributed by atoms with Crippen molar-refractivity contribution >= 4 is 28.8 Å². The number of rotatable bonds is 7. The lowest BCUT2D eigenvalue weighted by Gasteiger charge is -2.24. The van der Waals surface area contributed by atoms with Crippen LogP contribution in [0.2, 0.25) is 4.34 Å². The van der Waals surface area contributed by atoms with Crippen LogP contribution in [0.25, 0.3) is 0 Å². The standard InChI is InChI=1S/C14H21ClN2OS/c1-4-7-17(9-11-5-6-13(15)19-11)14(18)12(16)8-10(2)3/h4-6,10,12H,1,7-9,16H2,2-3H3. The van der Waals surface area contributed by atoms with Crippen LogP contribution in [0.15, 0.2) is 24.8 Å². The van der Waals surface area contributed by atoms with Gasteiger partial charge in [-0.2, -0.15) is 0 Å². The van der Waals surface area contributed by atoms with Crippen molar-refractivity contribution in [1.29, 1.82) is 0 Å². The van der Waals surface area contributed by atoms with Crippen molar-refractivity contribution in [3.05, 3.63) is 34.0 Å². The number of thiophene rings is 1. The monoisotopic (exact) mass is 300 g/mol. The molecule has 0 saturated carbocycles. The van der Waals surface area contributed by atoms with Crippen LogP contribution in [0.1, 0.15) is 25.1 Å². The molecule has 0 aliphatic rings. The molecule has 19 heavy (non-hydrogen) atoms. The van der Waals surface area contributed by atoms with Gasteiger partial charge in [-0.3, -0.25) is 4.79 Å². The van der Waals surface area contributed by atoms with Crippen molar-refractivity contribution in [2.75, 3.05) is 6.54 Å². The van der Waals surface area contributed by atoms with E-state index >= 15 is 0 Å². The zero-order chi connectivity index (χ0) is 14.4. The molecule has 1 amide bonds. The fourth-order valence-corrected chi connectivity index (χ4v) is 2.96. The molecule has 2 N–H and O–H groups in total. The molecule has 0 aliphatic heterocycles. The predicted octanol–water partition coefficient (Wildman–Crippen LogP) is 3.29. The van der Waals surface area contributed by atoms with Gasteiger partial charge in [-0.15, -0.1) is 17.9 Å². The SMILES string of the molecule is C=CCN(Cc1ccc(Cl)s1)C(=O)C(N)CC(C)C. The summed E-state index contributed by atoms with van der Waals surface area (Å²) in [6.07, 6.45) is 2.41. The van der Waals surface area contributed by atoms with Crippen LogP contribution in [-0.4, -0.2) is 23.4 Å². The van der Waals surface area contributed by atoms with E-state index in [0.717, 1.165) is 9.21 Å². The van der Waals surface area contributed by atoms with Crippen LogP contribution in [0.5, 0.6) is 0 Å². The first-order chi connectivity index (χ1) is 8.93. The number of carbonyl (C=O) groups is 1. The first-order valence-electron chi connectivity index (χ1n) is 6.33. The molecule has 1 aromatic heterocycles. The predicted molar refractivity (Wildman–Crippen MR) is 82.4 cm³/mol. The summed E-state index contributed by atoms with van der Waals surface area (Å²) in [6, 6.07) is 3.33. The summed E-state index contributed by atoms with van der Waals surface area (Å²) < 4.78 is 0.729. The van der Waals surface area contributed by atoms with Gasteiger partial charge in [0, 0.05) is 11.4 Å². The lowest BCUT2D eigenvalue weighted by atomic mass is 10.0. The molecule has 1 aromatic rings. The van der Waals surface area contributed by atoms with Crippen LogP contribution in [0, 0.1) is 5.92 Å². The number of nitrogens with two attached hydrogens (primary N) is 1. The molecule has 1 rings (SSSR count). The topological polar surface area (TPSA) is 46.3 Å². The van der Waals surface area contributed by atoms with Gasteiger partial charge in [-0.05, 0) is 24.5 Å². The van der Waals surface area contributed by atoms with E-state index in [-0.39, 0.29) is 5.91 Å². The first-order valence-corrected chi connectivity index (χ1v) is 7.53. The summed E-state index contributed by atoms with van der Waals surface area (Å²) in [5.41, 5.74) is 5.96. The van der Waals surface area contributed by atoms with Crippen LogP contribution < -0.4 is 5.73 Å². The summed E-state index contributed by atoms with van der Waals surface area (Å²) in [7, 11) is 0. The summed E-state index contributed by atoms with van der Waals surface area (Å²) in [5.74, 6) is 0.374. The Bertz CT molecular complexity index is 431. The zero-order valence-corrected chi connectivity index (χ0v) is 13.0. The van der Waals surface area contributed by atoms with Gasteiger partial charge >= 0.3 is 0 Å². The van der Waals surface area contributed by atoms with Crippen LogP contribution >= 0.6 is 22.9 Å². The maximum Gasteiger partial charge on any atom is 0.240 e. The van der Waals surface area contributed by atoms with Gasteiger partial charge in [0.1, 0.15) is 0 Å². The second kappa shape index (κ2) is 7.68. The molecular weight excluding hydrogens is 280 g/mol. The Morgan fingerprint density at radius 2 is 2.26 bits per heavy atom. The third-order valence-electron chi connectivity index (χ3n) is 2.68. The van der Waals surface area contributed by atoms with Crippen molar-refractivity contribution in [2.45, 2.75) is 32.9 Å². The average Bonchev–Trinajstić information content (AvgIpc) is 2.72. The van der Waals surface area contributed by atoms with E-state index in [0.29, 0.717) is 25.4 Å². The highest BCUT2D eigenvalue weighted by atomic mass is 35.5. The summed E-state index contributed by atoms with van der Waals surface area (Å²) in [6.45, 7) is 8.85. The smallest absolute Gasteiger partial charge is 0.240 e. The Morgan fingerprint density at radius 1 is 1.58 bits per heavy atom. The summed E-state index contributed by atoms with van der Waals surface area (Å²) in [4.78, 5) is 15.1. The van der Waals surface area contributed by atoms with Crippen molar-refractivity contribution in [3.63, 3.8) is 0 Å². The van der Waals surface area contributed by atoms with E-state index in [1.807, 2.05) is 12.1 Å². The maximum atomic E-state index is 12.3. The molecule has 0 aliphatic carbocycles. The van der Waals surface area contributed by atoms with Gasteiger partial charge in [-0.1, -0.05) is 31.5 Å². The molecular formula is C14H21ClN2OS. The van der Waals surface area contributed by atoms with Gasteiger partial charge in [0.2, 0.25) is 5.91 Å². The van der Waals surface area contributed by atoms with Crippen LogP contribution in [-0.2, 0) is 11.3 Å². The van der Waals surface area contributed by atoms with E-state index in [2.05, 4.69) is 20.4 Å². The second-order valence-corrected chi connectivity index (χ2v) is 6.75. The Labute approximate surface area is 124 Å². The normalized spacial score (nSPS) is 12.5. The molecule has 1 heterocycles. The Hall–Kier alpha value is -0.840. The Balaban J connectivity index is 2.70. The minimum Gasteiger partial charge on any atom is -0.332 e. The largest absolute Gasteiger partial charge is 0.332 e. The van der Waals surface area contributed by atoms with Crippen molar-refractivity contribution in [3.8, 4) is 0 Å². The third kappa shape index (κ3) is 5.35. The first kappa shape index (κ1) is 16.2. The highest BCUT2D eigenvalue weighted by Crippen LogP contribution is 2.23. The lowest BCUT2D eigenvalue weighted by Crippen LogP contribution is -2.44. The number of nitrogens with zero attached hydrogens (tertiary/aromatic N) is 1. The molecule has 3 nitrogen and oxygen atoms in total. The Morgan fingerprint density at radius 3 is 2.74 bits per heavy atom. The van der Waals surface area contributed by atoms with E-state index < -0.39 is 6.04 Å². The van der Waals surface area contributed by atoms with Gasteiger partial charge in [0.25, 0.3) is 0 Å². The molecule has 106 valence electrons. The van der Waals surface area contributed by atoms with Crippen molar-refractivity contribution < 1.29 is 4.79 Å². The lowest BCUT2D eigenvalue weighted by molar-refractivity contribution is -0.133. The van der Waals surface area contributed by atoms with E-state index in [1.54, 1.807) is 11.0 Å². The number of hydrogen-bond acceptors (Lipinski definition) is 3. The van der Waals surface area contributed by atoms with E-state index in [4.69, 9.17) is 17.3 Å². The van der Waals surface area contributed by atoms with E-state index in [9.17, 15) is 4.79 Å². The highest BCUT2D eigenvalue weighted by Gasteiger charge is 2.21. The minimum atomic E-state index is -0.449. The van der Waals surface area contributed by atoms with Crippen molar-refractivity contribution in [2.24, 2.45) is 11.7 Å². The second-order valence-electron chi connectivity index (χ2n) is 4.95. The minimum absolute atomic E-state index is 0.0295. The third-order valence-corrected chi connectivity index (χ3v) is 3.90. The molecule has 0 bridgehead atoms.